The molecular formula is C9H10ClN3O. The largest absolute Gasteiger partial charge is 0.310 e. The molecule has 0 bridgehead atoms. The number of hydrogen-bond acceptors (Lipinski definition) is 3. The van der Waals surface area contributed by atoms with Crippen LogP contribution in [0.25, 0.3) is 0 Å². The number of halogens is 1. The minimum atomic E-state index is 0.0206. The summed E-state index contributed by atoms with van der Waals surface area (Å²) in [7, 11) is 0. The summed E-state index contributed by atoms with van der Waals surface area (Å²) in [5.74, 6) is 1.12. The molecule has 1 aliphatic rings. The molecule has 1 aromatic heterocycles. The quantitative estimate of drug-likeness (QED) is 0.758. The highest BCUT2D eigenvalue weighted by Gasteiger charge is 2.39. The van der Waals surface area contributed by atoms with E-state index in [0.29, 0.717) is 16.9 Å². The van der Waals surface area contributed by atoms with Crippen LogP contribution >= 0.6 is 11.6 Å². The first-order chi connectivity index (χ1) is 6.66. The second-order valence-electron chi connectivity index (χ2n) is 3.53. The van der Waals surface area contributed by atoms with Gasteiger partial charge in [-0.25, -0.2) is 9.97 Å². The lowest BCUT2D eigenvalue weighted by atomic mass is 10.3. The molecule has 2 atom stereocenters. The minimum Gasteiger partial charge on any atom is -0.310 e. The summed E-state index contributed by atoms with van der Waals surface area (Å²) in [6.07, 6.45) is 2.29. The Hall–Kier alpha value is -1.16. The standard InChI is InChI=1S/C9H10ClN3O/c1-5-2-6(5)9(14)13-8-3-7(10)11-4-12-8/h3-6H,2H2,1H3,(H,11,12,13,14)/t5-,6-/m0/s1. The Morgan fingerprint density at radius 1 is 1.64 bits per heavy atom. The molecule has 0 unspecified atom stereocenters. The van der Waals surface area contributed by atoms with E-state index in [1.54, 1.807) is 0 Å². The monoisotopic (exact) mass is 211 g/mol. The van der Waals surface area contributed by atoms with Crippen molar-refractivity contribution in [2.75, 3.05) is 5.32 Å². The fraction of sp³-hybridized carbons (Fsp3) is 0.444. The van der Waals surface area contributed by atoms with E-state index in [0.717, 1.165) is 6.42 Å². The molecule has 1 heterocycles. The number of amides is 1. The first kappa shape index (κ1) is 9.40. The Morgan fingerprint density at radius 2 is 2.36 bits per heavy atom. The highest BCUT2D eigenvalue weighted by atomic mass is 35.5. The molecule has 5 heteroatoms. The number of rotatable bonds is 2. The normalized spacial score (nSPS) is 24.4. The minimum absolute atomic E-state index is 0.0206. The van der Waals surface area contributed by atoms with E-state index in [9.17, 15) is 4.79 Å². The predicted octanol–water partition coefficient (Wildman–Crippen LogP) is 1.72. The van der Waals surface area contributed by atoms with E-state index in [4.69, 9.17) is 11.6 Å². The summed E-state index contributed by atoms with van der Waals surface area (Å²) in [5.41, 5.74) is 0. The van der Waals surface area contributed by atoms with Crippen LogP contribution in [-0.2, 0) is 4.79 Å². The summed E-state index contributed by atoms with van der Waals surface area (Å²) in [4.78, 5) is 19.1. The number of aromatic nitrogens is 2. The van der Waals surface area contributed by atoms with Crippen molar-refractivity contribution in [3.05, 3.63) is 17.5 Å². The third-order valence-corrected chi connectivity index (χ3v) is 2.54. The van der Waals surface area contributed by atoms with E-state index < -0.39 is 0 Å². The molecule has 0 radical (unpaired) electrons. The van der Waals surface area contributed by atoms with Crippen LogP contribution in [0.1, 0.15) is 13.3 Å². The van der Waals surface area contributed by atoms with Crippen molar-refractivity contribution >= 4 is 23.3 Å². The van der Waals surface area contributed by atoms with E-state index in [2.05, 4.69) is 22.2 Å². The first-order valence-corrected chi connectivity index (χ1v) is 4.83. The fourth-order valence-electron chi connectivity index (χ4n) is 1.31. The number of carbonyl (C=O) groups is 1. The maximum Gasteiger partial charge on any atom is 0.228 e. The van der Waals surface area contributed by atoms with E-state index >= 15 is 0 Å². The van der Waals surface area contributed by atoms with Crippen molar-refractivity contribution in [3.63, 3.8) is 0 Å². The molecule has 1 fully saturated rings. The van der Waals surface area contributed by atoms with Gasteiger partial charge in [0.1, 0.15) is 17.3 Å². The highest BCUT2D eigenvalue weighted by Crippen LogP contribution is 2.38. The van der Waals surface area contributed by atoms with Gasteiger partial charge in [0.15, 0.2) is 0 Å². The first-order valence-electron chi connectivity index (χ1n) is 4.45. The SMILES string of the molecule is C[C@H]1C[C@@H]1C(=O)Nc1cc(Cl)ncn1. The van der Waals surface area contributed by atoms with Crippen LogP contribution in [0.5, 0.6) is 0 Å². The van der Waals surface area contributed by atoms with E-state index in [-0.39, 0.29) is 11.8 Å². The average molecular weight is 212 g/mol. The van der Waals surface area contributed by atoms with E-state index in [1.165, 1.54) is 12.4 Å². The van der Waals surface area contributed by atoms with Gasteiger partial charge in [-0.05, 0) is 12.3 Å². The topological polar surface area (TPSA) is 54.9 Å². The smallest absolute Gasteiger partial charge is 0.228 e. The molecule has 0 saturated heterocycles. The average Bonchev–Trinajstić information content (AvgIpc) is 2.82. The maximum atomic E-state index is 11.5. The van der Waals surface area contributed by atoms with Crippen molar-refractivity contribution in [3.8, 4) is 0 Å². The van der Waals surface area contributed by atoms with Gasteiger partial charge in [-0.2, -0.15) is 0 Å². The molecule has 2 rings (SSSR count). The van der Waals surface area contributed by atoms with Gasteiger partial charge < -0.3 is 5.32 Å². The number of nitrogens with zero attached hydrogens (tertiary/aromatic N) is 2. The van der Waals surface area contributed by atoms with Crippen LogP contribution in [0.3, 0.4) is 0 Å². The van der Waals surface area contributed by atoms with Gasteiger partial charge in [0.05, 0.1) is 0 Å². The maximum absolute atomic E-state index is 11.5. The van der Waals surface area contributed by atoms with Gasteiger partial charge >= 0.3 is 0 Å². The van der Waals surface area contributed by atoms with Crippen molar-refractivity contribution in [1.82, 2.24) is 9.97 Å². The van der Waals surface area contributed by atoms with Crippen LogP contribution in [-0.4, -0.2) is 15.9 Å². The van der Waals surface area contributed by atoms with Gasteiger partial charge in [0.2, 0.25) is 5.91 Å². The molecule has 1 aliphatic carbocycles. The molecule has 14 heavy (non-hydrogen) atoms. The Balaban J connectivity index is 2.00. The summed E-state index contributed by atoms with van der Waals surface area (Å²) in [6.45, 7) is 2.05. The van der Waals surface area contributed by atoms with Crippen LogP contribution in [0.2, 0.25) is 5.15 Å². The Morgan fingerprint density at radius 3 is 2.93 bits per heavy atom. The number of anilines is 1. The van der Waals surface area contributed by atoms with Gasteiger partial charge in [-0.15, -0.1) is 0 Å². The molecule has 1 N–H and O–H groups in total. The van der Waals surface area contributed by atoms with E-state index in [1.807, 2.05) is 0 Å². The van der Waals surface area contributed by atoms with Crippen molar-refractivity contribution < 1.29 is 4.79 Å². The number of nitrogens with one attached hydrogen (secondary N) is 1. The highest BCUT2D eigenvalue weighted by molar-refractivity contribution is 6.29. The molecule has 1 amide bonds. The molecule has 1 saturated carbocycles. The molecule has 0 spiro atoms. The van der Waals surface area contributed by atoms with Gasteiger partial charge in [-0.3, -0.25) is 4.79 Å². The Bertz CT molecular complexity index is 369. The lowest BCUT2D eigenvalue weighted by molar-refractivity contribution is -0.117. The Kier molecular flexibility index (Phi) is 2.37. The van der Waals surface area contributed by atoms with Crippen molar-refractivity contribution in [1.29, 1.82) is 0 Å². The van der Waals surface area contributed by atoms with Crippen LogP contribution in [0.15, 0.2) is 12.4 Å². The zero-order chi connectivity index (χ0) is 10.1. The van der Waals surface area contributed by atoms with Gasteiger partial charge in [0.25, 0.3) is 0 Å². The molecular weight excluding hydrogens is 202 g/mol. The van der Waals surface area contributed by atoms with Gasteiger partial charge in [-0.1, -0.05) is 18.5 Å². The van der Waals surface area contributed by atoms with Crippen molar-refractivity contribution in [2.45, 2.75) is 13.3 Å². The fourth-order valence-corrected chi connectivity index (χ4v) is 1.46. The van der Waals surface area contributed by atoms with Gasteiger partial charge in [0, 0.05) is 12.0 Å². The third kappa shape index (κ3) is 2.01. The second kappa shape index (κ2) is 3.53. The Labute approximate surface area is 86.7 Å². The predicted molar refractivity (Wildman–Crippen MR) is 52.9 cm³/mol. The lowest BCUT2D eigenvalue weighted by Gasteiger charge is -2.02. The molecule has 1 aromatic rings. The number of carbonyl (C=O) groups excluding carboxylic acids is 1. The van der Waals surface area contributed by atoms with Crippen LogP contribution in [0, 0.1) is 11.8 Å². The van der Waals surface area contributed by atoms with Crippen LogP contribution in [0.4, 0.5) is 5.82 Å². The summed E-state index contributed by atoms with van der Waals surface area (Å²) in [5, 5.41) is 3.03. The third-order valence-electron chi connectivity index (χ3n) is 2.33. The summed E-state index contributed by atoms with van der Waals surface area (Å²) in [6, 6.07) is 1.53. The molecule has 4 nitrogen and oxygen atoms in total. The van der Waals surface area contributed by atoms with Crippen LogP contribution < -0.4 is 5.32 Å². The molecule has 74 valence electrons. The zero-order valence-corrected chi connectivity index (χ0v) is 8.45. The van der Waals surface area contributed by atoms with Crippen molar-refractivity contribution in [2.24, 2.45) is 11.8 Å². The molecule has 0 aliphatic heterocycles. The lowest BCUT2D eigenvalue weighted by Crippen LogP contribution is -2.15. The molecule has 0 aromatic carbocycles. The second-order valence-corrected chi connectivity index (χ2v) is 3.92. The zero-order valence-electron chi connectivity index (χ0n) is 7.70. The summed E-state index contributed by atoms with van der Waals surface area (Å²) >= 11 is 5.65. The summed E-state index contributed by atoms with van der Waals surface area (Å²) < 4.78 is 0. The number of hydrogen-bond donors (Lipinski definition) is 1.